The average Bonchev–Trinajstić information content (AvgIpc) is 3.23. The molecular weight excluding hydrogens is 364 g/mol. The van der Waals surface area contributed by atoms with Crippen LogP contribution >= 0.6 is 0 Å². The lowest BCUT2D eigenvalue weighted by Gasteiger charge is -2.07. The summed E-state index contributed by atoms with van der Waals surface area (Å²) in [6.45, 7) is 0.496. The minimum Gasteiger partial charge on any atom is -0.350 e. The first-order valence-electron chi connectivity index (χ1n) is 8.95. The van der Waals surface area contributed by atoms with Crippen LogP contribution in [0.2, 0.25) is 0 Å². The SMILES string of the molecule is N#Cc1ccc(C(=O)n2nc(-c3ccncc3)nc2NCc2ccccc2)cc1. The zero-order valence-corrected chi connectivity index (χ0v) is 15.4. The van der Waals surface area contributed by atoms with E-state index in [9.17, 15) is 4.79 Å². The van der Waals surface area contributed by atoms with Crippen molar-refractivity contribution < 1.29 is 4.79 Å². The highest BCUT2D eigenvalue weighted by atomic mass is 16.2. The Hall–Kier alpha value is -4.31. The van der Waals surface area contributed by atoms with Gasteiger partial charge in [0.15, 0.2) is 5.82 Å². The number of benzene rings is 2. The zero-order chi connectivity index (χ0) is 20.1. The molecule has 0 bridgehead atoms. The van der Waals surface area contributed by atoms with Crippen LogP contribution in [0.15, 0.2) is 79.1 Å². The summed E-state index contributed by atoms with van der Waals surface area (Å²) in [6, 6.07) is 21.9. The minimum absolute atomic E-state index is 0.335. The molecule has 0 aliphatic rings. The number of hydrogen-bond donors (Lipinski definition) is 1. The third-order valence-electron chi connectivity index (χ3n) is 4.29. The van der Waals surface area contributed by atoms with Gasteiger partial charge in [-0.25, -0.2) is 0 Å². The van der Waals surface area contributed by atoms with E-state index in [4.69, 9.17) is 5.26 Å². The van der Waals surface area contributed by atoms with Crippen LogP contribution in [-0.4, -0.2) is 25.7 Å². The van der Waals surface area contributed by atoms with Crippen LogP contribution in [0.1, 0.15) is 21.5 Å². The van der Waals surface area contributed by atoms with Gasteiger partial charge >= 0.3 is 0 Å². The van der Waals surface area contributed by atoms with Crippen molar-refractivity contribution in [1.82, 2.24) is 19.7 Å². The van der Waals surface area contributed by atoms with E-state index < -0.39 is 0 Å². The number of anilines is 1. The van der Waals surface area contributed by atoms with Gasteiger partial charge in [0, 0.05) is 30.1 Å². The molecule has 0 unspecified atom stereocenters. The van der Waals surface area contributed by atoms with E-state index in [1.807, 2.05) is 36.4 Å². The highest BCUT2D eigenvalue weighted by Gasteiger charge is 2.18. The Morgan fingerprint density at radius 3 is 2.41 bits per heavy atom. The molecule has 0 radical (unpaired) electrons. The van der Waals surface area contributed by atoms with Gasteiger partial charge in [-0.05, 0) is 42.0 Å². The van der Waals surface area contributed by atoms with Gasteiger partial charge in [0.05, 0.1) is 11.6 Å². The van der Waals surface area contributed by atoms with E-state index in [1.165, 1.54) is 4.68 Å². The molecule has 0 fully saturated rings. The maximum Gasteiger partial charge on any atom is 0.281 e. The normalized spacial score (nSPS) is 10.3. The maximum atomic E-state index is 13.0. The van der Waals surface area contributed by atoms with E-state index in [2.05, 4.69) is 20.4 Å². The first-order valence-corrected chi connectivity index (χ1v) is 8.95. The third-order valence-corrected chi connectivity index (χ3v) is 4.29. The van der Waals surface area contributed by atoms with Gasteiger partial charge in [-0.2, -0.15) is 14.9 Å². The monoisotopic (exact) mass is 380 g/mol. The van der Waals surface area contributed by atoms with Crippen LogP contribution in [0.4, 0.5) is 5.95 Å². The van der Waals surface area contributed by atoms with Gasteiger partial charge in [-0.1, -0.05) is 30.3 Å². The molecule has 1 N–H and O–H groups in total. The second kappa shape index (κ2) is 8.15. The van der Waals surface area contributed by atoms with Crippen molar-refractivity contribution in [3.63, 3.8) is 0 Å². The number of carbonyl (C=O) groups excluding carboxylic acids is 1. The third kappa shape index (κ3) is 4.01. The van der Waals surface area contributed by atoms with Gasteiger partial charge in [0.25, 0.3) is 5.91 Å². The smallest absolute Gasteiger partial charge is 0.281 e. The predicted octanol–water partition coefficient (Wildman–Crippen LogP) is 3.51. The molecule has 4 aromatic rings. The molecule has 7 heteroatoms. The van der Waals surface area contributed by atoms with Crippen molar-refractivity contribution in [3.05, 3.63) is 95.8 Å². The minimum atomic E-state index is -0.335. The molecule has 0 amide bonds. The summed E-state index contributed by atoms with van der Waals surface area (Å²) in [5, 5.41) is 16.6. The zero-order valence-electron chi connectivity index (χ0n) is 15.4. The van der Waals surface area contributed by atoms with E-state index in [0.29, 0.717) is 29.4 Å². The molecule has 2 aromatic heterocycles. The Morgan fingerprint density at radius 2 is 1.72 bits per heavy atom. The van der Waals surface area contributed by atoms with Crippen LogP contribution in [0, 0.1) is 11.3 Å². The Labute approximate surface area is 167 Å². The highest BCUT2D eigenvalue weighted by Crippen LogP contribution is 2.19. The van der Waals surface area contributed by atoms with Crippen LogP contribution < -0.4 is 5.32 Å². The van der Waals surface area contributed by atoms with Crippen molar-refractivity contribution in [2.75, 3.05) is 5.32 Å². The molecule has 0 aliphatic heterocycles. The summed E-state index contributed by atoms with van der Waals surface area (Å²) >= 11 is 0. The van der Waals surface area contributed by atoms with Gasteiger partial charge < -0.3 is 5.32 Å². The Bertz CT molecular complexity index is 1160. The molecule has 2 heterocycles. The summed E-state index contributed by atoms with van der Waals surface area (Å²) < 4.78 is 1.25. The van der Waals surface area contributed by atoms with Crippen molar-refractivity contribution in [3.8, 4) is 17.5 Å². The topological polar surface area (TPSA) is 96.5 Å². The lowest BCUT2D eigenvalue weighted by atomic mass is 10.1. The fourth-order valence-corrected chi connectivity index (χ4v) is 2.78. The number of hydrogen-bond acceptors (Lipinski definition) is 6. The highest BCUT2D eigenvalue weighted by molar-refractivity contribution is 5.97. The van der Waals surface area contributed by atoms with Crippen LogP contribution in [0.5, 0.6) is 0 Å². The Kier molecular flexibility index (Phi) is 5.08. The molecule has 29 heavy (non-hydrogen) atoms. The molecular formula is C22H16N6O. The molecule has 0 atom stereocenters. The lowest BCUT2D eigenvalue weighted by molar-refractivity contribution is 0.0947. The van der Waals surface area contributed by atoms with Crippen LogP contribution in [0.25, 0.3) is 11.4 Å². The standard InChI is InChI=1S/C22H16N6O/c23-14-16-6-8-19(9-7-16)21(29)28-22(25-15-17-4-2-1-3-5-17)26-20(27-28)18-10-12-24-13-11-18/h1-13H,15H2,(H,25,26,27). The second-order valence-corrected chi connectivity index (χ2v) is 6.24. The van der Waals surface area contributed by atoms with E-state index in [-0.39, 0.29) is 5.91 Å². The molecule has 0 saturated heterocycles. The van der Waals surface area contributed by atoms with Crippen molar-refractivity contribution >= 4 is 11.9 Å². The summed E-state index contributed by atoms with van der Waals surface area (Å²) in [6.07, 6.45) is 3.30. The first kappa shape index (κ1) is 18.1. The molecule has 140 valence electrons. The van der Waals surface area contributed by atoms with Crippen molar-refractivity contribution in [1.29, 1.82) is 5.26 Å². The fraction of sp³-hybridized carbons (Fsp3) is 0.0455. The van der Waals surface area contributed by atoms with Crippen LogP contribution in [0.3, 0.4) is 0 Å². The number of pyridine rings is 1. The number of carbonyl (C=O) groups is 1. The molecule has 0 saturated carbocycles. The summed E-state index contributed by atoms with van der Waals surface area (Å²) in [7, 11) is 0. The molecule has 7 nitrogen and oxygen atoms in total. The number of nitriles is 1. The molecule has 0 spiro atoms. The van der Waals surface area contributed by atoms with Gasteiger partial charge in [-0.3, -0.25) is 9.78 Å². The van der Waals surface area contributed by atoms with Crippen molar-refractivity contribution in [2.45, 2.75) is 6.54 Å². The number of nitrogens with zero attached hydrogens (tertiary/aromatic N) is 5. The van der Waals surface area contributed by atoms with Gasteiger partial charge in [0.2, 0.25) is 5.95 Å². The lowest BCUT2D eigenvalue weighted by Crippen LogP contribution is -2.17. The Balaban J connectivity index is 1.68. The first-order chi connectivity index (χ1) is 14.2. The van der Waals surface area contributed by atoms with E-state index in [0.717, 1.165) is 11.1 Å². The number of rotatable bonds is 5. The Morgan fingerprint density at radius 1 is 1.00 bits per heavy atom. The van der Waals surface area contributed by atoms with Gasteiger partial charge in [-0.15, -0.1) is 5.10 Å². The van der Waals surface area contributed by atoms with Crippen LogP contribution in [-0.2, 0) is 6.54 Å². The average molecular weight is 380 g/mol. The quantitative estimate of drug-likeness (QED) is 0.569. The maximum absolute atomic E-state index is 13.0. The molecule has 2 aromatic carbocycles. The largest absolute Gasteiger partial charge is 0.350 e. The molecule has 0 aliphatic carbocycles. The van der Waals surface area contributed by atoms with Crippen molar-refractivity contribution in [2.24, 2.45) is 0 Å². The van der Waals surface area contributed by atoms with E-state index >= 15 is 0 Å². The predicted molar refractivity (Wildman–Crippen MR) is 108 cm³/mol. The summed E-state index contributed by atoms with van der Waals surface area (Å²) in [5.41, 5.74) is 2.71. The number of nitrogens with one attached hydrogen (secondary N) is 1. The summed E-state index contributed by atoms with van der Waals surface area (Å²) in [4.78, 5) is 21.6. The van der Waals surface area contributed by atoms with Gasteiger partial charge in [0.1, 0.15) is 0 Å². The van der Waals surface area contributed by atoms with E-state index in [1.54, 1.807) is 48.8 Å². The summed E-state index contributed by atoms with van der Waals surface area (Å²) in [5.74, 6) is 0.429. The fourth-order valence-electron chi connectivity index (χ4n) is 2.78. The number of aromatic nitrogens is 4. The second-order valence-electron chi connectivity index (χ2n) is 6.24. The molecule has 4 rings (SSSR count).